The van der Waals surface area contributed by atoms with E-state index in [0.29, 0.717) is 12.5 Å². The number of nitrogens with one attached hydrogen (secondary N) is 1. The first kappa shape index (κ1) is 16.7. The predicted molar refractivity (Wildman–Crippen MR) is 96.3 cm³/mol. The summed E-state index contributed by atoms with van der Waals surface area (Å²) in [6.07, 6.45) is 1.01. The fourth-order valence-corrected chi connectivity index (χ4v) is 4.11. The SMILES string of the molecule is CC(=O)NCc1ccc(C(=O)N2CCC(c3ccccc3C)C2)s1. The van der Waals surface area contributed by atoms with Crippen molar-refractivity contribution in [2.24, 2.45) is 0 Å². The van der Waals surface area contributed by atoms with Gasteiger partial charge in [-0.05, 0) is 36.6 Å². The van der Waals surface area contributed by atoms with Crippen molar-refractivity contribution in [3.63, 3.8) is 0 Å². The molecule has 126 valence electrons. The molecule has 1 aromatic heterocycles. The minimum Gasteiger partial charge on any atom is -0.351 e. The van der Waals surface area contributed by atoms with Gasteiger partial charge in [0.1, 0.15) is 0 Å². The average molecular weight is 342 g/mol. The molecule has 1 atom stereocenters. The highest BCUT2D eigenvalue weighted by atomic mass is 32.1. The summed E-state index contributed by atoms with van der Waals surface area (Å²) < 4.78 is 0. The Morgan fingerprint density at radius 2 is 2.04 bits per heavy atom. The van der Waals surface area contributed by atoms with Crippen LogP contribution in [0.1, 0.15) is 44.9 Å². The third-order valence-electron chi connectivity index (χ3n) is 4.49. The van der Waals surface area contributed by atoms with Crippen LogP contribution in [0.25, 0.3) is 0 Å². The van der Waals surface area contributed by atoms with Gasteiger partial charge < -0.3 is 10.2 Å². The van der Waals surface area contributed by atoms with E-state index < -0.39 is 0 Å². The molecular formula is C19H22N2O2S. The molecule has 2 heterocycles. The van der Waals surface area contributed by atoms with Gasteiger partial charge in [-0.3, -0.25) is 9.59 Å². The first-order chi connectivity index (χ1) is 11.5. The van der Waals surface area contributed by atoms with E-state index in [1.165, 1.54) is 29.4 Å². The van der Waals surface area contributed by atoms with Gasteiger partial charge >= 0.3 is 0 Å². The van der Waals surface area contributed by atoms with E-state index in [-0.39, 0.29) is 11.8 Å². The summed E-state index contributed by atoms with van der Waals surface area (Å²) >= 11 is 1.46. The van der Waals surface area contributed by atoms with Crippen molar-refractivity contribution < 1.29 is 9.59 Å². The van der Waals surface area contributed by atoms with Crippen LogP contribution in [0.2, 0.25) is 0 Å². The van der Waals surface area contributed by atoms with Crippen LogP contribution in [0, 0.1) is 6.92 Å². The summed E-state index contributed by atoms with van der Waals surface area (Å²) in [4.78, 5) is 27.4. The lowest BCUT2D eigenvalue weighted by molar-refractivity contribution is -0.119. The third-order valence-corrected chi connectivity index (χ3v) is 5.56. The van der Waals surface area contributed by atoms with Crippen molar-refractivity contribution >= 4 is 23.2 Å². The lowest BCUT2D eigenvalue weighted by atomic mass is 9.94. The number of hydrogen-bond acceptors (Lipinski definition) is 3. The summed E-state index contributed by atoms with van der Waals surface area (Å²) in [6.45, 7) is 5.70. The van der Waals surface area contributed by atoms with Crippen LogP contribution in [0.15, 0.2) is 36.4 Å². The van der Waals surface area contributed by atoms with E-state index in [2.05, 4.69) is 36.5 Å². The van der Waals surface area contributed by atoms with Crippen molar-refractivity contribution in [3.8, 4) is 0 Å². The number of amides is 2. The molecule has 2 aromatic rings. The Labute approximate surface area is 146 Å². The number of carbonyl (C=O) groups excluding carboxylic acids is 2. The number of hydrogen-bond donors (Lipinski definition) is 1. The predicted octanol–water partition coefficient (Wildman–Crippen LogP) is 3.32. The van der Waals surface area contributed by atoms with Gasteiger partial charge in [0.15, 0.2) is 0 Å². The topological polar surface area (TPSA) is 49.4 Å². The molecule has 0 saturated carbocycles. The molecule has 1 saturated heterocycles. The van der Waals surface area contributed by atoms with Gasteiger partial charge in [0, 0.05) is 30.8 Å². The Hall–Kier alpha value is -2.14. The second-order valence-corrected chi connectivity index (χ2v) is 7.44. The minimum atomic E-state index is -0.0584. The van der Waals surface area contributed by atoms with Crippen molar-refractivity contribution in [1.29, 1.82) is 0 Å². The molecule has 0 aliphatic carbocycles. The summed E-state index contributed by atoms with van der Waals surface area (Å²) in [5.41, 5.74) is 2.65. The van der Waals surface area contributed by atoms with E-state index >= 15 is 0 Å². The summed E-state index contributed by atoms with van der Waals surface area (Å²) in [6, 6.07) is 12.2. The first-order valence-corrected chi connectivity index (χ1v) is 9.04. The third kappa shape index (κ3) is 3.67. The monoisotopic (exact) mass is 342 g/mol. The van der Waals surface area contributed by atoms with Crippen LogP contribution in [-0.4, -0.2) is 29.8 Å². The smallest absolute Gasteiger partial charge is 0.263 e. The number of likely N-dealkylation sites (tertiary alicyclic amines) is 1. The van der Waals surface area contributed by atoms with Gasteiger partial charge in [-0.2, -0.15) is 0 Å². The summed E-state index contributed by atoms with van der Waals surface area (Å²) in [5, 5.41) is 2.76. The number of nitrogens with zero attached hydrogens (tertiary/aromatic N) is 1. The molecule has 2 amide bonds. The second-order valence-electron chi connectivity index (χ2n) is 6.27. The molecule has 1 N–H and O–H groups in total. The minimum absolute atomic E-state index is 0.0584. The molecule has 1 unspecified atom stereocenters. The zero-order chi connectivity index (χ0) is 17.1. The Balaban J connectivity index is 1.64. The molecule has 0 radical (unpaired) electrons. The van der Waals surface area contributed by atoms with Crippen LogP contribution in [0.5, 0.6) is 0 Å². The van der Waals surface area contributed by atoms with E-state index in [0.717, 1.165) is 29.3 Å². The average Bonchev–Trinajstić information content (AvgIpc) is 3.22. The van der Waals surface area contributed by atoms with Crippen LogP contribution in [-0.2, 0) is 11.3 Å². The lowest BCUT2D eigenvalue weighted by Crippen LogP contribution is -2.27. The highest BCUT2D eigenvalue weighted by molar-refractivity contribution is 7.14. The van der Waals surface area contributed by atoms with Crippen LogP contribution in [0.4, 0.5) is 0 Å². The molecule has 1 aliphatic heterocycles. The number of benzene rings is 1. The van der Waals surface area contributed by atoms with Crippen LogP contribution < -0.4 is 5.32 Å². The molecule has 1 aromatic carbocycles. The first-order valence-electron chi connectivity index (χ1n) is 8.22. The fourth-order valence-electron chi connectivity index (χ4n) is 3.20. The molecule has 1 aliphatic rings. The fraction of sp³-hybridized carbons (Fsp3) is 0.368. The Kier molecular flexibility index (Phi) is 5.00. The molecule has 5 heteroatoms. The van der Waals surface area contributed by atoms with Crippen molar-refractivity contribution in [2.45, 2.75) is 32.7 Å². The summed E-state index contributed by atoms with van der Waals surface area (Å²) in [5.74, 6) is 0.469. The maximum Gasteiger partial charge on any atom is 0.263 e. The van der Waals surface area contributed by atoms with Gasteiger partial charge in [-0.25, -0.2) is 0 Å². The van der Waals surface area contributed by atoms with Gasteiger partial charge in [-0.1, -0.05) is 24.3 Å². The van der Waals surface area contributed by atoms with E-state index in [9.17, 15) is 9.59 Å². The molecule has 0 bridgehead atoms. The Morgan fingerprint density at radius 1 is 1.25 bits per heavy atom. The number of rotatable bonds is 4. The number of thiophene rings is 1. The zero-order valence-electron chi connectivity index (χ0n) is 14.0. The number of aryl methyl sites for hydroxylation is 1. The van der Waals surface area contributed by atoms with Crippen molar-refractivity contribution in [1.82, 2.24) is 10.2 Å². The quantitative estimate of drug-likeness (QED) is 0.926. The van der Waals surface area contributed by atoms with Crippen LogP contribution >= 0.6 is 11.3 Å². The van der Waals surface area contributed by atoms with Gasteiger partial charge in [0.05, 0.1) is 11.4 Å². The van der Waals surface area contributed by atoms with E-state index in [1.54, 1.807) is 0 Å². The largest absolute Gasteiger partial charge is 0.351 e. The molecule has 0 spiro atoms. The maximum atomic E-state index is 12.7. The molecular weight excluding hydrogens is 320 g/mol. The summed E-state index contributed by atoms with van der Waals surface area (Å²) in [7, 11) is 0. The maximum absolute atomic E-state index is 12.7. The number of carbonyl (C=O) groups is 2. The highest BCUT2D eigenvalue weighted by Gasteiger charge is 2.29. The second kappa shape index (κ2) is 7.18. The molecule has 3 rings (SSSR count). The molecule has 4 nitrogen and oxygen atoms in total. The molecule has 1 fully saturated rings. The van der Waals surface area contributed by atoms with Gasteiger partial charge in [-0.15, -0.1) is 11.3 Å². The van der Waals surface area contributed by atoms with Gasteiger partial charge in [0.2, 0.25) is 5.91 Å². The van der Waals surface area contributed by atoms with Gasteiger partial charge in [0.25, 0.3) is 5.91 Å². The van der Waals surface area contributed by atoms with Crippen LogP contribution in [0.3, 0.4) is 0 Å². The Morgan fingerprint density at radius 3 is 2.79 bits per heavy atom. The van der Waals surface area contributed by atoms with E-state index in [4.69, 9.17) is 0 Å². The molecule has 24 heavy (non-hydrogen) atoms. The van der Waals surface area contributed by atoms with Crippen molar-refractivity contribution in [2.75, 3.05) is 13.1 Å². The zero-order valence-corrected chi connectivity index (χ0v) is 14.9. The Bertz CT molecular complexity index is 753. The van der Waals surface area contributed by atoms with E-state index in [1.807, 2.05) is 17.0 Å². The highest BCUT2D eigenvalue weighted by Crippen LogP contribution is 2.31. The lowest BCUT2D eigenvalue weighted by Gasteiger charge is -2.17. The van der Waals surface area contributed by atoms with Crippen molar-refractivity contribution in [3.05, 3.63) is 57.3 Å². The standard InChI is InChI=1S/C19H22N2O2S/c1-13-5-3-4-6-17(13)15-9-10-21(12-15)19(23)18-8-7-16(24-18)11-20-14(2)22/h3-8,15H,9-12H2,1-2H3,(H,20,22). The normalized spacial score (nSPS) is 17.1.